The van der Waals surface area contributed by atoms with Crippen LogP contribution in [0.2, 0.25) is 0 Å². The second-order valence-corrected chi connectivity index (χ2v) is 5.91. The lowest BCUT2D eigenvalue weighted by atomic mass is 9.74. The van der Waals surface area contributed by atoms with Crippen molar-refractivity contribution in [2.45, 2.75) is 65.3 Å². The lowest BCUT2D eigenvalue weighted by Gasteiger charge is -2.33. The number of ether oxygens (including phenoxy) is 1. The van der Waals surface area contributed by atoms with E-state index in [0.29, 0.717) is 18.4 Å². The van der Waals surface area contributed by atoms with Crippen LogP contribution in [0.3, 0.4) is 0 Å². The van der Waals surface area contributed by atoms with Crippen LogP contribution in [-0.2, 0) is 9.53 Å². The third-order valence-electron chi connectivity index (χ3n) is 4.58. The van der Waals surface area contributed by atoms with Crippen LogP contribution in [0.15, 0.2) is 0 Å². The normalized spacial score (nSPS) is 26.7. The predicted octanol–water partition coefficient (Wildman–Crippen LogP) is 3.14. The number of carbonyl (C=O) groups is 1. The van der Waals surface area contributed by atoms with Crippen LogP contribution in [0.1, 0.15) is 59.3 Å². The van der Waals surface area contributed by atoms with E-state index in [0.717, 1.165) is 38.5 Å². The number of esters is 1. The van der Waals surface area contributed by atoms with Crippen molar-refractivity contribution in [2.75, 3.05) is 6.61 Å². The molecule has 0 radical (unpaired) electrons. The molecular weight excluding hydrogens is 242 g/mol. The van der Waals surface area contributed by atoms with Crippen molar-refractivity contribution >= 4 is 5.97 Å². The summed E-state index contributed by atoms with van der Waals surface area (Å²) in [5, 5.41) is 8.97. The molecule has 19 heavy (non-hydrogen) atoms. The molecule has 2 N–H and O–H groups in total. The Hall–Kier alpha value is -0.610. The first kappa shape index (κ1) is 16.4. The van der Waals surface area contributed by atoms with E-state index in [-0.39, 0.29) is 17.9 Å². The molecule has 4 heteroatoms. The number of hydrogen-bond donors (Lipinski definition) is 2. The van der Waals surface area contributed by atoms with Gasteiger partial charge in [0.25, 0.3) is 0 Å². The van der Waals surface area contributed by atoms with Gasteiger partial charge in [-0.2, -0.15) is 0 Å². The number of hydrogen-bond acceptors (Lipinski definition) is 4. The SMILES string of the molecule is CCCCOC(=O)C1CCC(C(C)[C@H](C)NO)CC1. The summed E-state index contributed by atoms with van der Waals surface area (Å²) < 4.78 is 5.29. The van der Waals surface area contributed by atoms with Gasteiger partial charge in [0.1, 0.15) is 0 Å². The van der Waals surface area contributed by atoms with Gasteiger partial charge in [0.2, 0.25) is 0 Å². The zero-order chi connectivity index (χ0) is 14.3. The molecule has 0 amide bonds. The maximum atomic E-state index is 11.9. The largest absolute Gasteiger partial charge is 0.465 e. The molecule has 0 aromatic heterocycles. The van der Waals surface area contributed by atoms with Gasteiger partial charge in [0.15, 0.2) is 0 Å². The molecule has 0 bridgehead atoms. The second kappa shape index (κ2) is 8.54. The first-order chi connectivity index (χ1) is 9.10. The molecule has 1 rings (SSSR count). The van der Waals surface area contributed by atoms with E-state index in [1.54, 1.807) is 0 Å². The summed E-state index contributed by atoms with van der Waals surface area (Å²) in [7, 11) is 0. The Morgan fingerprint density at radius 2 is 1.95 bits per heavy atom. The Balaban J connectivity index is 2.30. The Kier molecular flexibility index (Phi) is 7.39. The highest BCUT2D eigenvalue weighted by Crippen LogP contribution is 2.35. The van der Waals surface area contributed by atoms with E-state index in [9.17, 15) is 4.79 Å². The number of unbranched alkanes of at least 4 members (excludes halogenated alkanes) is 1. The van der Waals surface area contributed by atoms with Crippen molar-refractivity contribution in [3.8, 4) is 0 Å². The molecule has 0 aliphatic heterocycles. The molecule has 0 heterocycles. The summed E-state index contributed by atoms with van der Waals surface area (Å²) >= 11 is 0. The number of hydroxylamine groups is 1. The summed E-state index contributed by atoms with van der Waals surface area (Å²) in [6.45, 7) is 6.82. The summed E-state index contributed by atoms with van der Waals surface area (Å²) in [5.74, 6) is 1.11. The van der Waals surface area contributed by atoms with Gasteiger partial charge >= 0.3 is 5.97 Å². The average Bonchev–Trinajstić information content (AvgIpc) is 2.46. The molecule has 0 saturated heterocycles. The molecule has 1 aliphatic rings. The van der Waals surface area contributed by atoms with E-state index >= 15 is 0 Å². The molecule has 0 aromatic rings. The first-order valence-corrected chi connectivity index (χ1v) is 7.66. The molecule has 1 aliphatic carbocycles. The highest BCUT2D eigenvalue weighted by atomic mass is 16.5. The zero-order valence-electron chi connectivity index (χ0n) is 12.5. The monoisotopic (exact) mass is 271 g/mol. The maximum absolute atomic E-state index is 11.9. The van der Waals surface area contributed by atoms with Gasteiger partial charge in [0, 0.05) is 6.04 Å². The van der Waals surface area contributed by atoms with Crippen molar-refractivity contribution < 1.29 is 14.7 Å². The third kappa shape index (κ3) is 5.11. The molecule has 1 unspecified atom stereocenters. The van der Waals surface area contributed by atoms with Gasteiger partial charge in [-0.05, 0) is 50.9 Å². The minimum absolute atomic E-state index is 0.00659. The van der Waals surface area contributed by atoms with Crippen molar-refractivity contribution in [3.05, 3.63) is 0 Å². The van der Waals surface area contributed by atoms with Gasteiger partial charge in [-0.15, -0.1) is 0 Å². The average molecular weight is 271 g/mol. The van der Waals surface area contributed by atoms with Crippen molar-refractivity contribution in [2.24, 2.45) is 17.8 Å². The molecule has 0 spiro atoms. The second-order valence-electron chi connectivity index (χ2n) is 5.91. The summed E-state index contributed by atoms with van der Waals surface area (Å²) in [4.78, 5) is 11.9. The number of carbonyl (C=O) groups excluding carboxylic acids is 1. The van der Waals surface area contributed by atoms with E-state index in [4.69, 9.17) is 9.94 Å². The van der Waals surface area contributed by atoms with Crippen molar-refractivity contribution in [1.82, 2.24) is 5.48 Å². The molecule has 2 atom stereocenters. The van der Waals surface area contributed by atoms with Crippen molar-refractivity contribution in [3.63, 3.8) is 0 Å². The summed E-state index contributed by atoms with van der Waals surface area (Å²) in [5.41, 5.74) is 2.34. The van der Waals surface area contributed by atoms with Crippen LogP contribution in [0.4, 0.5) is 0 Å². The number of rotatable bonds is 7. The van der Waals surface area contributed by atoms with Crippen LogP contribution >= 0.6 is 0 Å². The lowest BCUT2D eigenvalue weighted by molar-refractivity contribution is -0.150. The zero-order valence-corrected chi connectivity index (χ0v) is 12.5. The van der Waals surface area contributed by atoms with Gasteiger partial charge in [-0.1, -0.05) is 20.3 Å². The smallest absolute Gasteiger partial charge is 0.308 e. The maximum Gasteiger partial charge on any atom is 0.308 e. The molecule has 112 valence electrons. The van der Waals surface area contributed by atoms with Gasteiger partial charge in [0.05, 0.1) is 12.5 Å². The van der Waals surface area contributed by atoms with E-state index in [1.807, 2.05) is 6.92 Å². The van der Waals surface area contributed by atoms with Gasteiger partial charge in [-0.3, -0.25) is 4.79 Å². The first-order valence-electron chi connectivity index (χ1n) is 7.66. The van der Waals surface area contributed by atoms with E-state index < -0.39 is 0 Å². The molecule has 1 fully saturated rings. The topological polar surface area (TPSA) is 58.6 Å². The van der Waals surface area contributed by atoms with E-state index in [2.05, 4.69) is 19.3 Å². The van der Waals surface area contributed by atoms with Crippen molar-refractivity contribution in [1.29, 1.82) is 0 Å². The summed E-state index contributed by atoms with van der Waals surface area (Å²) in [6, 6.07) is 0.109. The Bertz CT molecular complexity index is 262. The number of nitrogens with one attached hydrogen (secondary N) is 1. The fourth-order valence-electron chi connectivity index (χ4n) is 2.84. The van der Waals surface area contributed by atoms with Crippen LogP contribution < -0.4 is 5.48 Å². The minimum Gasteiger partial charge on any atom is -0.465 e. The minimum atomic E-state index is -0.00659. The molecular formula is C15H29NO3. The van der Waals surface area contributed by atoms with Gasteiger partial charge in [-0.25, -0.2) is 5.48 Å². The Morgan fingerprint density at radius 3 is 2.47 bits per heavy atom. The Labute approximate surface area is 116 Å². The fraction of sp³-hybridized carbons (Fsp3) is 0.933. The summed E-state index contributed by atoms with van der Waals surface area (Å²) in [6.07, 6.45) is 5.99. The van der Waals surface area contributed by atoms with Crippen LogP contribution in [0.25, 0.3) is 0 Å². The molecule has 1 saturated carbocycles. The highest BCUT2D eigenvalue weighted by Gasteiger charge is 2.31. The lowest BCUT2D eigenvalue weighted by Crippen LogP contribution is -2.36. The Morgan fingerprint density at radius 1 is 1.32 bits per heavy atom. The standard InChI is InChI=1S/C15H29NO3/c1-4-5-10-19-15(17)14-8-6-13(7-9-14)11(2)12(3)16-18/h11-14,16,18H,4-10H2,1-3H3/t11?,12-,13?,14?/m0/s1. The quantitative estimate of drug-likeness (QED) is 0.424. The van der Waals surface area contributed by atoms with Gasteiger partial charge < -0.3 is 9.94 Å². The highest BCUT2D eigenvalue weighted by molar-refractivity contribution is 5.72. The van der Waals surface area contributed by atoms with Crippen LogP contribution in [0.5, 0.6) is 0 Å². The predicted molar refractivity (Wildman–Crippen MR) is 74.9 cm³/mol. The van der Waals surface area contributed by atoms with Crippen LogP contribution in [0, 0.1) is 17.8 Å². The molecule has 0 aromatic carbocycles. The van der Waals surface area contributed by atoms with E-state index in [1.165, 1.54) is 0 Å². The fourth-order valence-corrected chi connectivity index (χ4v) is 2.84. The molecule has 4 nitrogen and oxygen atoms in total. The third-order valence-corrected chi connectivity index (χ3v) is 4.58. The van der Waals surface area contributed by atoms with Crippen LogP contribution in [-0.4, -0.2) is 23.8 Å².